The van der Waals surface area contributed by atoms with Crippen LogP contribution in [0.2, 0.25) is 0 Å². The van der Waals surface area contributed by atoms with E-state index in [1.807, 2.05) is 28.8 Å². The predicted octanol–water partition coefficient (Wildman–Crippen LogP) is 10.9. The van der Waals surface area contributed by atoms with Crippen LogP contribution in [-0.4, -0.2) is 28.0 Å². The molecule has 4 aromatic rings. The number of aromatic nitrogens is 3. The largest absolute Gasteiger partial charge is 0.494 e. The quantitative estimate of drug-likeness (QED) is 0.0977. The van der Waals surface area contributed by atoms with Crippen molar-refractivity contribution in [2.75, 3.05) is 13.2 Å². The van der Waals surface area contributed by atoms with E-state index in [9.17, 15) is 0 Å². The van der Waals surface area contributed by atoms with E-state index in [0.29, 0.717) is 0 Å². The van der Waals surface area contributed by atoms with Gasteiger partial charge in [0, 0.05) is 17.3 Å². The van der Waals surface area contributed by atoms with Crippen LogP contribution in [0.15, 0.2) is 79.4 Å². The van der Waals surface area contributed by atoms with Gasteiger partial charge < -0.3 is 9.47 Å². The normalized spacial score (nSPS) is 11.0. The summed E-state index contributed by atoms with van der Waals surface area (Å²) < 4.78 is 13.9. The maximum absolute atomic E-state index is 5.96. The van der Waals surface area contributed by atoms with Crippen LogP contribution < -0.4 is 9.47 Å². The molecule has 0 N–H and O–H groups in total. The first kappa shape index (κ1) is 32.1. The Kier molecular flexibility index (Phi) is 13.4. The molecule has 0 saturated heterocycles. The Morgan fingerprint density at radius 3 is 1.28 bits per heavy atom. The van der Waals surface area contributed by atoms with Gasteiger partial charge in [-0.3, -0.25) is 4.57 Å². The van der Waals surface area contributed by atoms with Gasteiger partial charge in [-0.1, -0.05) is 121 Å². The maximum atomic E-state index is 5.96. The van der Waals surface area contributed by atoms with Crippen LogP contribution in [-0.2, 0) is 0 Å². The number of hydrogen-bond acceptors (Lipinski definition) is 4. The molecule has 0 amide bonds. The molecule has 0 aliphatic carbocycles. The summed E-state index contributed by atoms with van der Waals surface area (Å²) in [6.45, 7) is 10.1. The average Bonchev–Trinajstić information content (AvgIpc) is 3.49. The van der Waals surface area contributed by atoms with Crippen molar-refractivity contribution in [1.29, 1.82) is 0 Å². The Balaban J connectivity index is 1.31. The molecule has 3 aromatic carbocycles. The van der Waals surface area contributed by atoms with Crippen LogP contribution in [0, 0.1) is 0 Å². The van der Waals surface area contributed by atoms with E-state index < -0.39 is 0 Å². The Morgan fingerprint density at radius 1 is 0.512 bits per heavy atom. The zero-order valence-electron chi connectivity index (χ0n) is 26.3. The van der Waals surface area contributed by atoms with Crippen LogP contribution in [0.25, 0.3) is 40.1 Å². The minimum atomic E-state index is 0.756. The molecule has 1 heterocycles. The Bertz CT molecular complexity index is 1340. The lowest BCUT2D eigenvalue weighted by Crippen LogP contribution is -1.98. The molecule has 0 spiro atoms. The molecule has 228 valence electrons. The molecule has 0 radical (unpaired) electrons. The zero-order valence-corrected chi connectivity index (χ0v) is 26.3. The molecule has 0 fully saturated rings. The summed E-state index contributed by atoms with van der Waals surface area (Å²) in [5.74, 6) is 3.33. The van der Waals surface area contributed by atoms with Crippen molar-refractivity contribution < 1.29 is 9.47 Å². The third kappa shape index (κ3) is 9.84. The first-order valence-corrected chi connectivity index (χ1v) is 16.4. The predicted molar refractivity (Wildman–Crippen MR) is 180 cm³/mol. The highest BCUT2D eigenvalue weighted by Gasteiger charge is 2.14. The van der Waals surface area contributed by atoms with Gasteiger partial charge in [0.1, 0.15) is 11.5 Å². The lowest BCUT2D eigenvalue weighted by Gasteiger charge is -2.09. The molecule has 0 aliphatic heterocycles. The Morgan fingerprint density at radius 2 is 0.860 bits per heavy atom. The number of ether oxygens (including phenoxy) is 2. The zero-order chi connectivity index (χ0) is 30.1. The summed E-state index contributed by atoms with van der Waals surface area (Å²) in [5, 5.41) is 9.01. The summed E-state index contributed by atoms with van der Waals surface area (Å²) >= 11 is 0. The van der Waals surface area contributed by atoms with Crippen molar-refractivity contribution in [3.05, 3.63) is 79.4 Å². The molecule has 43 heavy (non-hydrogen) atoms. The highest BCUT2D eigenvalue weighted by molar-refractivity contribution is 5.71. The van der Waals surface area contributed by atoms with Crippen molar-refractivity contribution >= 4 is 6.20 Å². The van der Waals surface area contributed by atoms with Crippen LogP contribution in [0.3, 0.4) is 0 Å². The second kappa shape index (κ2) is 17.9. The van der Waals surface area contributed by atoms with Crippen LogP contribution in [0.1, 0.15) is 90.9 Å². The number of rotatable bonds is 20. The summed E-state index contributed by atoms with van der Waals surface area (Å²) in [7, 11) is 0. The van der Waals surface area contributed by atoms with Gasteiger partial charge in [-0.15, -0.1) is 10.2 Å². The van der Waals surface area contributed by atoms with Crippen molar-refractivity contribution in [3.63, 3.8) is 0 Å². The number of unbranched alkanes of at least 4 members (excludes halogenated alkanes) is 10. The van der Waals surface area contributed by atoms with Gasteiger partial charge in [-0.25, -0.2) is 0 Å². The first-order valence-electron chi connectivity index (χ1n) is 16.4. The van der Waals surface area contributed by atoms with Gasteiger partial charge in [-0.2, -0.15) is 0 Å². The van der Waals surface area contributed by atoms with E-state index in [2.05, 4.69) is 79.2 Å². The Labute approximate surface area is 259 Å². The highest BCUT2D eigenvalue weighted by atomic mass is 16.5. The molecule has 1 aromatic heterocycles. The van der Waals surface area contributed by atoms with Crippen LogP contribution in [0.5, 0.6) is 11.5 Å². The van der Waals surface area contributed by atoms with Crippen molar-refractivity contribution in [3.8, 4) is 45.4 Å². The monoisotopic (exact) mass is 579 g/mol. The van der Waals surface area contributed by atoms with E-state index in [1.54, 1.807) is 6.20 Å². The van der Waals surface area contributed by atoms with E-state index >= 15 is 0 Å². The Hall–Kier alpha value is -3.86. The van der Waals surface area contributed by atoms with Crippen molar-refractivity contribution in [1.82, 2.24) is 14.8 Å². The fourth-order valence-electron chi connectivity index (χ4n) is 5.26. The molecule has 0 saturated carbocycles. The highest BCUT2D eigenvalue weighted by Crippen LogP contribution is 2.29. The standard InChI is InChI=1S/C38H49N3O2/c1-4-7-9-11-13-15-29-42-35-25-21-32(22-26-35)31-17-19-33(20-18-31)37-39-40-38(41(37)6-3)34-23-27-36(28-24-34)43-30-16-14-12-10-8-5-2/h6,17-28H,3-5,7-16,29-30H2,1-2H3. The number of benzene rings is 3. The summed E-state index contributed by atoms with van der Waals surface area (Å²) in [4.78, 5) is 0. The maximum Gasteiger partial charge on any atom is 0.168 e. The van der Waals surface area contributed by atoms with E-state index in [-0.39, 0.29) is 0 Å². The minimum absolute atomic E-state index is 0.756. The molecule has 0 bridgehead atoms. The van der Waals surface area contributed by atoms with Gasteiger partial charge in [0.05, 0.1) is 13.2 Å². The fraction of sp³-hybridized carbons (Fsp3) is 0.421. The lowest BCUT2D eigenvalue weighted by molar-refractivity contribution is 0.304. The molecule has 0 aliphatic rings. The smallest absolute Gasteiger partial charge is 0.168 e. The second-order valence-electron chi connectivity index (χ2n) is 11.3. The van der Waals surface area contributed by atoms with Crippen LogP contribution in [0.4, 0.5) is 0 Å². The van der Waals surface area contributed by atoms with Gasteiger partial charge in [-0.05, 0) is 60.4 Å². The van der Waals surface area contributed by atoms with E-state index in [1.165, 1.54) is 64.2 Å². The van der Waals surface area contributed by atoms with Crippen LogP contribution >= 0.6 is 0 Å². The molecule has 0 atom stereocenters. The number of nitrogens with zero attached hydrogens (tertiary/aromatic N) is 3. The summed E-state index contributed by atoms with van der Waals surface area (Å²) in [6.07, 6.45) is 16.9. The molecular weight excluding hydrogens is 530 g/mol. The second-order valence-corrected chi connectivity index (χ2v) is 11.3. The molecule has 5 nitrogen and oxygen atoms in total. The first-order chi connectivity index (χ1) is 21.2. The number of hydrogen-bond donors (Lipinski definition) is 0. The lowest BCUT2D eigenvalue weighted by atomic mass is 10.0. The minimum Gasteiger partial charge on any atom is -0.494 e. The van der Waals surface area contributed by atoms with E-state index in [4.69, 9.17) is 9.47 Å². The van der Waals surface area contributed by atoms with Gasteiger partial charge >= 0.3 is 0 Å². The van der Waals surface area contributed by atoms with Crippen molar-refractivity contribution in [2.24, 2.45) is 0 Å². The van der Waals surface area contributed by atoms with E-state index in [0.717, 1.165) is 71.5 Å². The van der Waals surface area contributed by atoms with Gasteiger partial charge in [0.2, 0.25) is 0 Å². The summed E-state index contributed by atoms with van der Waals surface area (Å²) in [6, 6.07) is 24.9. The van der Waals surface area contributed by atoms with Gasteiger partial charge in [0.25, 0.3) is 0 Å². The topological polar surface area (TPSA) is 49.2 Å². The fourth-order valence-corrected chi connectivity index (χ4v) is 5.26. The molecular formula is C38H49N3O2. The SMILES string of the molecule is C=Cn1c(-c2ccc(OCCCCCCCC)cc2)nnc1-c1ccc(-c2ccc(OCCCCCCCC)cc2)cc1. The molecule has 0 unspecified atom stereocenters. The average molecular weight is 580 g/mol. The third-order valence-corrected chi connectivity index (χ3v) is 7.85. The van der Waals surface area contributed by atoms with Crippen molar-refractivity contribution in [2.45, 2.75) is 90.9 Å². The molecule has 5 heteroatoms. The third-order valence-electron chi connectivity index (χ3n) is 7.85. The molecule has 4 rings (SSSR count). The van der Waals surface area contributed by atoms with Gasteiger partial charge in [0.15, 0.2) is 11.6 Å². The summed E-state index contributed by atoms with van der Waals surface area (Å²) in [5.41, 5.74) is 4.26.